The third kappa shape index (κ3) is 4.91. The molecule has 2 aromatic carbocycles. The lowest BCUT2D eigenvalue weighted by atomic mass is 10.1. The van der Waals surface area contributed by atoms with Crippen molar-refractivity contribution in [3.8, 4) is 28.4 Å². The Morgan fingerprint density at radius 1 is 0.889 bits per heavy atom. The Morgan fingerprint density at radius 3 is 2.44 bits per heavy atom. The van der Waals surface area contributed by atoms with Gasteiger partial charge in [-0.1, -0.05) is 43.3 Å². The number of methoxy groups -OCH3 is 1. The predicted octanol–water partition coefficient (Wildman–Crippen LogP) is 4.36. The highest BCUT2D eigenvalue weighted by atomic mass is 16.5. The third-order valence-corrected chi connectivity index (χ3v) is 4.03. The first-order chi connectivity index (χ1) is 13.2. The van der Waals surface area contributed by atoms with E-state index in [0.29, 0.717) is 30.5 Å². The molecule has 1 aromatic heterocycles. The van der Waals surface area contributed by atoms with Crippen LogP contribution in [0.1, 0.15) is 18.9 Å². The Bertz CT molecular complexity index is 881. The Hall–Kier alpha value is -3.21. The summed E-state index contributed by atoms with van der Waals surface area (Å²) in [6.07, 6.45) is 3.84. The molecule has 5 heteroatoms. The average Bonchev–Trinajstić information content (AvgIpc) is 2.71. The number of benzene rings is 2. The van der Waals surface area contributed by atoms with Crippen molar-refractivity contribution in [2.24, 2.45) is 0 Å². The number of pyridine rings is 1. The van der Waals surface area contributed by atoms with Gasteiger partial charge in [0.2, 0.25) is 6.20 Å². The van der Waals surface area contributed by atoms with Gasteiger partial charge in [-0.05, 0) is 29.7 Å². The summed E-state index contributed by atoms with van der Waals surface area (Å²) in [6.45, 7) is 3.05. The molecule has 0 saturated carbocycles. The number of hydrogen-bond acceptors (Lipinski definition) is 4. The van der Waals surface area contributed by atoms with Gasteiger partial charge in [-0.25, -0.2) is 0 Å². The molecule has 0 amide bonds. The highest BCUT2D eigenvalue weighted by Gasteiger charge is 2.11. The zero-order valence-electron chi connectivity index (χ0n) is 15.6. The maximum absolute atomic E-state index is 12.1. The summed E-state index contributed by atoms with van der Waals surface area (Å²) in [4.78, 5) is 0. The van der Waals surface area contributed by atoms with E-state index >= 15 is 0 Å². The molecule has 140 valence electrons. The summed E-state index contributed by atoms with van der Waals surface area (Å²) in [5, 5.41) is 12.1. The van der Waals surface area contributed by atoms with E-state index in [9.17, 15) is 5.21 Å². The minimum Gasteiger partial charge on any atom is -0.619 e. The van der Waals surface area contributed by atoms with E-state index in [0.717, 1.165) is 27.8 Å². The molecule has 0 aliphatic carbocycles. The fourth-order valence-corrected chi connectivity index (χ4v) is 2.69. The minimum atomic E-state index is 0.401. The molecule has 1 heterocycles. The van der Waals surface area contributed by atoms with Crippen LogP contribution in [0, 0.1) is 5.21 Å². The molecular formula is C22H23NO4. The van der Waals surface area contributed by atoms with Crippen molar-refractivity contribution in [3.05, 3.63) is 77.8 Å². The second kappa shape index (κ2) is 8.94. The molecule has 0 spiro atoms. The van der Waals surface area contributed by atoms with Gasteiger partial charge < -0.3 is 19.4 Å². The maximum atomic E-state index is 12.1. The number of rotatable bonds is 8. The molecular weight excluding hydrogens is 342 g/mol. The predicted molar refractivity (Wildman–Crippen MR) is 104 cm³/mol. The van der Waals surface area contributed by atoms with Gasteiger partial charge in [0.05, 0.1) is 19.3 Å². The van der Waals surface area contributed by atoms with E-state index in [1.807, 2.05) is 61.5 Å². The molecule has 0 atom stereocenters. The van der Waals surface area contributed by atoms with Crippen LogP contribution in [0.4, 0.5) is 0 Å². The Labute approximate surface area is 159 Å². The van der Waals surface area contributed by atoms with Crippen molar-refractivity contribution in [2.45, 2.75) is 20.0 Å². The monoisotopic (exact) mass is 365 g/mol. The average molecular weight is 365 g/mol. The van der Waals surface area contributed by atoms with Gasteiger partial charge in [-0.2, -0.15) is 4.73 Å². The molecule has 3 rings (SSSR count). The molecule has 5 nitrogen and oxygen atoms in total. The van der Waals surface area contributed by atoms with Crippen LogP contribution in [0.15, 0.2) is 67.0 Å². The first kappa shape index (κ1) is 18.6. The second-order valence-electron chi connectivity index (χ2n) is 6.11. The van der Waals surface area contributed by atoms with Crippen LogP contribution in [-0.2, 0) is 6.61 Å². The lowest BCUT2D eigenvalue weighted by molar-refractivity contribution is -0.605. The van der Waals surface area contributed by atoms with Crippen LogP contribution in [0.5, 0.6) is 17.2 Å². The topological polar surface area (TPSA) is 54.6 Å². The quantitative estimate of drug-likeness (QED) is 0.439. The first-order valence-corrected chi connectivity index (χ1v) is 8.91. The highest BCUT2D eigenvalue weighted by molar-refractivity contribution is 5.67. The Balaban J connectivity index is 1.84. The zero-order chi connectivity index (χ0) is 19.1. The lowest BCUT2D eigenvalue weighted by Gasteiger charge is -2.12. The van der Waals surface area contributed by atoms with E-state index < -0.39 is 0 Å². The summed E-state index contributed by atoms with van der Waals surface area (Å²) in [5.41, 5.74) is 2.65. The van der Waals surface area contributed by atoms with Crippen LogP contribution in [0.25, 0.3) is 11.1 Å². The fourth-order valence-electron chi connectivity index (χ4n) is 2.69. The molecule has 0 aliphatic rings. The van der Waals surface area contributed by atoms with Gasteiger partial charge in [0, 0.05) is 6.07 Å². The molecule has 0 radical (unpaired) electrons. The van der Waals surface area contributed by atoms with Gasteiger partial charge in [0.15, 0.2) is 23.4 Å². The van der Waals surface area contributed by atoms with Crippen molar-refractivity contribution in [1.29, 1.82) is 0 Å². The van der Waals surface area contributed by atoms with E-state index in [4.69, 9.17) is 14.2 Å². The van der Waals surface area contributed by atoms with Crippen molar-refractivity contribution in [1.82, 2.24) is 0 Å². The van der Waals surface area contributed by atoms with Crippen molar-refractivity contribution >= 4 is 0 Å². The summed E-state index contributed by atoms with van der Waals surface area (Å²) < 4.78 is 17.7. The molecule has 27 heavy (non-hydrogen) atoms. The largest absolute Gasteiger partial charge is 0.619 e. The second-order valence-corrected chi connectivity index (χ2v) is 6.11. The molecule has 0 fully saturated rings. The Morgan fingerprint density at radius 2 is 1.70 bits per heavy atom. The van der Waals surface area contributed by atoms with Crippen LogP contribution in [-0.4, -0.2) is 13.7 Å². The number of aromatic nitrogens is 1. The van der Waals surface area contributed by atoms with E-state index in [1.54, 1.807) is 7.11 Å². The van der Waals surface area contributed by atoms with Crippen LogP contribution < -0.4 is 18.9 Å². The van der Waals surface area contributed by atoms with Gasteiger partial charge in [0.25, 0.3) is 0 Å². The normalized spacial score (nSPS) is 10.4. The van der Waals surface area contributed by atoms with E-state index in [-0.39, 0.29) is 0 Å². The number of ether oxygens (including phenoxy) is 3. The summed E-state index contributed by atoms with van der Waals surface area (Å²) in [5.74, 6) is 1.83. The molecule has 0 unspecified atom stereocenters. The van der Waals surface area contributed by atoms with Crippen LogP contribution in [0.2, 0.25) is 0 Å². The molecule has 0 N–H and O–H groups in total. The smallest absolute Gasteiger partial charge is 0.222 e. The lowest BCUT2D eigenvalue weighted by Crippen LogP contribution is -2.25. The van der Waals surface area contributed by atoms with E-state index in [1.165, 1.54) is 12.4 Å². The molecule has 0 aliphatic heterocycles. The van der Waals surface area contributed by atoms with Crippen molar-refractivity contribution in [3.63, 3.8) is 0 Å². The minimum absolute atomic E-state index is 0.401. The van der Waals surface area contributed by atoms with Gasteiger partial charge in [-0.3, -0.25) is 0 Å². The standard InChI is InChI=1S/C22H23NO4/c1-3-11-26-22-13-18(9-10-21(22)25-2)19-12-20(15-23(24)14-19)27-16-17-7-5-4-6-8-17/h4-10,12-15H,3,11,16H2,1-2H3. The van der Waals surface area contributed by atoms with Crippen LogP contribution in [0.3, 0.4) is 0 Å². The summed E-state index contributed by atoms with van der Waals surface area (Å²) in [7, 11) is 1.61. The van der Waals surface area contributed by atoms with Gasteiger partial charge >= 0.3 is 0 Å². The third-order valence-electron chi connectivity index (χ3n) is 4.03. The summed E-state index contributed by atoms with van der Waals surface area (Å²) >= 11 is 0. The fraction of sp³-hybridized carbons (Fsp3) is 0.227. The molecule has 0 saturated heterocycles. The van der Waals surface area contributed by atoms with Gasteiger partial charge in [0.1, 0.15) is 6.61 Å². The molecule has 0 bridgehead atoms. The van der Waals surface area contributed by atoms with Gasteiger partial charge in [-0.15, -0.1) is 0 Å². The zero-order valence-corrected chi connectivity index (χ0v) is 15.6. The SMILES string of the molecule is CCCOc1cc(-c2cc(OCc3ccccc3)c[n+]([O-])c2)ccc1OC. The Kier molecular flexibility index (Phi) is 6.15. The van der Waals surface area contributed by atoms with Crippen molar-refractivity contribution in [2.75, 3.05) is 13.7 Å². The summed E-state index contributed by atoms with van der Waals surface area (Å²) in [6, 6.07) is 17.3. The van der Waals surface area contributed by atoms with E-state index in [2.05, 4.69) is 0 Å². The highest BCUT2D eigenvalue weighted by Crippen LogP contribution is 2.33. The number of hydrogen-bond donors (Lipinski definition) is 0. The maximum Gasteiger partial charge on any atom is 0.222 e. The van der Waals surface area contributed by atoms with Crippen LogP contribution >= 0.6 is 0 Å². The van der Waals surface area contributed by atoms with Crippen molar-refractivity contribution < 1.29 is 18.9 Å². The first-order valence-electron chi connectivity index (χ1n) is 8.91. The molecule has 3 aromatic rings. The number of nitrogens with zero attached hydrogens (tertiary/aromatic N) is 1.